The lowest BCUT2D eigenvalue weighted by Gasteiger charge is -2.13. The van der Waals surface area contributed by atoms with Gasteiger partial charge in [0, 0.05) is 5.41 Å². The van der Waals surface area contributed by atoms with Crippen molar-refractivity contribution in [3.63, 3.8) is 0 Å². The largest absolute Gasteiger partial charge is 0.478 e. The molecule has 1 aliphatic rings. The van der Waals surface area contributed by atoms with Gasteiger partial charge in [0.2, 0.25) is 0 Å². The van der Waals surface area contributed by atoms with Gasteiger partial charge in [-0.2, -0.15) is 0 Å². The monoisotopic (exact) mass is 197 g/mol. The number of allylic oxidation sites excluding steroid dienone is 2. The van der Waals surface area contributed by atoms with E-state index < -0.39 is 5.97 Å². The van der Waals surface area contributed by atoms with Crippen molar-refractivity contribution in [2.45, 2.75) is 13.8 Å². The van der Waals surface area contributed by atoms with Gasteiger partial charge >= 0.3 is 5.97 Å². The van der Waals surface area contributed by atoms with Crippen LogP contribution in [0, 0.1) is 5.41 Å². The summed E-state index contributed by atoms with van der Waals surface area (Å²) in [5.41, 5.74) is -0.119. The summed E-state index contributed by atoms with van der Waals surface area (Å²) in [6, 6.07) is 0. The van der Waals surface area contributed by atoms with E-state index in [2.05, 4.69) is 5.32 Å². The van der Waals surface area contributed by atoms with Gasteiger partial charge in [-0.25, -0.2) is 4.79 Å². The SMILES string of the molecule is CC1(C)C=CNC(=S)C(C(=O)O)=C1. The van der Waals surface area contributed by atoms with Crippen molar-refractivity contribution in [2.24, 2.45) is 5.41 Å². The van der Waals surface area contributed by atoms with Gasteiger partial charge in [-0.1, -0.05) is 38.2 Å². The molecule has 0 unspecified atom stereocenters. The molecular weight excluding hydrogens is 186 g/mol. The summed E-state index contributed by atoms with van der Waals surface area (Å²) < 4.78 is 0. The minimum atomic E-state index is -0.991. The Morgan fingerprint density at radius 3 is 2.77 bits per heavy atom. The number of aliphatic carboxylic acids is 1. The molecule has 1 rings (SSSR count). The van der Waals surface area contributed by atoms with Gasteiger partial charge < -0.3 is 10.4 Å². The summed E-state index contributed by atoms with van der Waals surface area (Å²) >= 11 is 4.88. The third-order valence-corrected chi connectivity index (χ3v) is 2.06. The Morgan fingerprint density at radius 2 is 2.23 bits per heavy atom. The van der Waals surface area contributed by atoms with Crippen molar-refractivity contribution in [2.75, 3.05) is 0 Å². The number of carboxylic acids is 1. The summed E-state index contributed by atoms with van der Waals surface area (Å²) in [5.74, 6) is -0.991. The van der Waals surface area contributed by atoms with Gasteiger partial charge in [0.1, 0.15) is 4.99 Å². The van der Waals surface area contributed by atoms with Crippen molar-refractivity contribution in [1.82, 2.24) is 5.32 Å². The molecule has 13 heavy (non-hydrogen) atoms. The molecule has 3 nitrogen and oxygen atoms in total. The Bertz CT molecular complexity index is 316. The number of nitrogens with one attached hydrogen (secondary N) is 1. The Labute approximate surface area is 82.1 Å². The van der Waals surface area contributed by atoms with Crippen LogP contribution in [0.25, 0.3) is 0 Å². The van der Waals surface area contributed by atoms with Crippen molar-refractivity contribution in [3.05, 3.63) is 23.9 Å². The predicted molar refractivity (Wildman–Crippen MR) is 54.4 cm³/mol. The lowest BCUT2D eigenvalue weighted by Crippen LogP contribution is -2.21. The first-order valence-electron chi connectivity index (χ1n) is 3.87. The van der Waals surface area contributed by atoms with E-state index in [4.69, 9.17) is 17.3 Å². The highest BCUT2D eigenvalue weighted by molar-refractivity contribution is 7.80. The average Bonchev–Trinajstić information content (AvgIpc) is 2.10. The molecule has 1 aliphatic heterocycles. The van der Waals surface area contributed by atoms with Crippen LogP contribution in [-0.4, -0.2) is 16.1 Å². The summed E-state index contributed by atoms with van der Waals surface area (Å²) in [5, 5.41) is 11.6. The van der Waals surface area contributed by atoms with Crippen molar-refractivity contribution in [3.8, 4) is 0 Å². The maximum atomic E-state index is 10.8. The van der Waals surface area contributed by atoms with Crippen molar-refractivity contribution in [1.29, 1.82) is 0 Å². The number of thiocarbonyl (C=S) groups is 1. The Kier molecular flexibility index (Phi) is 2.52. The second-order valence-corrected chi connectivity index (χ2v) is 3.90. The van der Waals surface area contributed by atoms with E-state index in [9.17, 15) is 4.79 Å². The molecule has 0 aliphatic carbocycles. The average molecular weight is 197 g/mol. The van der Waals surface area contributed by atoms with E-state index in [0.29, 0.717) is 0 Å². The van der Waals surface area contributed by atoms with E-state index in [0.717, 1.165) is 0 Å². The second-order valence-electron chi connectivity index (χ2n) is 3.49. The van der Waals surface area contributed by atoms with Crippen molar-refractivity contribution < 1.29 is 9.90 Å². The van der Waals surface area contributed by atoms with Gasteiger partial charge in [-0.05, 0) is 6.20 Å². The number of carbonyl (C=O) groups is 1. The smallest absolute Gasteiger partial charge is 0.338 e. The molecule has 0 bridgehead atoms. The van der Waals surface area contributed by atoms with Crippen LogP contribution in [0.4, 0.5) is 0 Å². The number of carboxylic acid groups (broad SMARTS) is 1. The molecule has 0 atom stereocenters. The number of hydrogen-bond donors (Lipinski definition) is 2. The summed E-state index contributed by atoms with van der Waals surface area (Å²) in [6.07, 6.45) is 5.19. The molecular formula is C9H11NO2S. The molecule has 0 saturated carbocycles. The highest BCUT2D eigenvalue weighted by atomic mass is 32.1. The third-order valence-electron chi connectivity index (χ3n) is 1.72. The van der Waals surface area contributed by atoms with Crippen LogP contribution in [0.3, 0.4) is 0 Å². The summed E-state index contributed by atoms with van der Waals surface area (Å²) in [4.78, 5) is 11.0. The first-order valence-corrected chi connectivity index (χ1v) is 4.28. The normalized spacial score (nSPS) is 20.2. The molecule has 0 aromatic carbocycles. The summed E-state index contributed by atoms with van der Waals surface area (Å²) in [7, 11) is 0. The van der Waals surface area contributed by atoms with E-state index in [1.165, 1.54) is 0 Å². The number of rotatable bonds is 1. The minimum Gasteiger partial charge on any atom is -0.478 e. The van der Waals surface area contributed by atoms with Gasteiger partial charge in [-0.15, -0.1) is 0 Å². The van der Waals surface area contributed by atoms with Gasteiger partial charge in [0.15, 0.2) is 0 Å². The second kappa shape index (κ2) is 3.30. The molecule has 0 amide bonds. The van der Waals surface area contributed by atoms with Crippen LogP contribution < -0.4 is 5.32 Å². The Balaban J connectivity index is 3.12. The van der Waals surface area contributed by atoms with E-state index >= 15 is 0 Å². The van der Waals surface area contributed by atoms with Crippen LogP contribution >= 0.6 is 12.2 Å². The first-order chi connectivity index (χ1) is 5.92. The third kappa shape index (κ3) is 2.39. The molecule has 0 aromatic heterocycles. The van der Waals surface area contributed by atoms with Crippen LogP contribution in [0.5, 0.6) is 0 Å². The molecule has 2 N–H and O–H groups in total. The van der Waals surface area contributed by atoms with Crippen LogP contribution in [-0.2, 0) is 4.79 Å². The van der Waals surface area contributed by atoms with Gasteiger partial charge in [0.05, 0.1) is 5.57 Å². The standard InChI is InChI=1S/C9H11NO2S/c1-9(2)3-4-10-7(13)6(5-9)8(11)12/h3-5H,1-2H3,(H,10,13)(H,11,12). The van der Waals surface area contributed by atoms with Crippen molar-refractivity contribution >= 4 is 23.2 Å². The zero-order valence-corrected chi connectivity index (χ0v) is 8.31. The first kappa shape index (κ1) is 9.92. The highest BCUT2D eigenvalue weighted by Crippen LogP contribution is 2.23. The topological polar surface area (TPSA) is 49.3 Å². The van der Waals surface area contributed by atoms with E-state index in [1.807, 2.05) is 19.9 Å². The molecule has 0 spiro atoms. The van der Waals surface area contributed by atoms with Crippen LogP contribution in [0.1, 0.15) is 13.8 Å². The maximum absolute atomic E-state index is 10.8. The Hall–Kier alpha value is -1.16. The van der Waals surface area contributed by atoms with Gasteiger partial charge in [0.25, 0.3) is 0 Å². The quantitative estimate of drug-likeness (QED) is 0.625. The van der Waals surface area contributed by atoms with Gasteiger partial charge in [-0.3, -0.25) is 0 Å². The lowest BCUT2D eigenvalue weighted by atomic mass is 9.91. The zero-order valence-electron chi connectivity index (χ0n) is 7.50. The minimum absolute atomic E-state index is 0.157. The molecule has 0 aromatic rings. The molecule has 0 radical (unpaired) electrons. The van der Waals surface area contributed by atoms with Crippen LogP contribution in [0.2, 0.25) is 0 Å². The number of hydrogen-bond acceptors (Lipinski definition) is 2. The van der Waals surface area contributed by atoms with Crippen LogP contribution in [0.15, 0.2) is 23.9 Å². The Morgan fingerprint density at radius 1 is 1.62 bits per heavy atom. The predicted octanol–water partition coefficient (Wildman–Crippen LogP) is 1.47. The van der Waals surface area contributed by atoms with E-state index in [-0.39, 0.29) is 16.0 Å². The molecule has 0 fully saturated rings. The fourth-order valence-corrected chi connectivity index (χ4v) is 1.27. The summed E-state index contributed by atoms with van der Waals surface area (Å²) in [6.45, 7) is 3.84. The maximum Gasteiger partial charge on any atom is 0.338 e. The molecule has 70 valence electrons. The molecule has 1 heterocycles. The lowest BCUT2D eigenvalue weighted by molar-refractivity contribution is -0.132. The zero-order chi connectivity index (χ0) is 10.1. The molecule has 0 saturated heterocycles. The fourth-order valence-electron chi connectivity index (χ4n) is 1.05. The highest BCUT2D eigenvalue weighted by Gasteiger charge is 2.21. The molecule has 4 heteroatoms. The van der Waals surface area contributed by atoms with E-state index in [1.54, 1.807) is 12.3 Å². The fraction of sp³-hybridized carbons (Fsp3) is 0.333.